The van der Waals surface area contributed by atoms with E-state index in [2.05, 4.69) is 25.3 Å². The summed E-state index contributed by atoms with van der Waals surface area (Å²) in [6.45, 7) is 4.63. The Balaban J connectivity index is 1.76. The second kappa shape index (κ2) is 6.91. The number of rotatable bonds is 5. The number of nitrogens with zero attached hydrogens (tertiary/aromatic N) is 5. The fourth-order valence-electron chi connectivity index (χ4n) is 3.06. The second-order valence-corrected chi connectivity index (χ2v) is 5.68. The summed E-state index contributed by atoms with van der Waals surface area (Å²) < 4.78 is 1.68. The lowest BCUT2D eigenvalue weighted by atomic mass is 9.96. The van der Waals surface area contributed by atoms with Crippen LogP contribution in [0.15, 0.2) is 12.5 Å². The van der Waals surface area contributed by atoms with E-state index in [0.29, 0.717) is 13.1 Å². The molecule has 0 bridgehead atoms. The van der Waals surface area contributed by atoms with Crippen LogP contribution in [-0.4, -0.2) is 57.0 Å². The molecule has 1 aliphatic rings. The molecule has 1 saturated heterocycles. The molecule has 0 radical (unpaired) electrons. The normalized spacial score (nSPS) is 16.0. The number of piperidine rings is 1. The van der Waals surface area contributed by atoms with Gasteiger partial charge in [-0.3, -0.25) is 4.79 Å². The smallest absolute Gasteiger partial charge is 0.223 e. The van der Waals surface area contributed by atoms with Crippen LogP contribution in [0, 0.1) is 5.92 Å². The molecule has 1 fully saturated rings. The first kappa shape index (κ1) is 15.7. The summed E-state index contributed by atoms with van der Waals surface area (Å²) in [6.07, 6.45) is 4.92. The van der Waals surface area contributed by atoms with Crippen LogP contribution in [0.1, 0.15) is 19.8 Å². The minimum atomic E-state index is 0.0219. The largest absolute Gasteiger partial charge is 0.394 e. The maximum atomic E-state index is 11.9. The van der Waals surface area contributed by atoms with Crippen LogP contribution in [-0.2, 0) is 11.3 Å². The number of hydrogen-bond donors (Lipinski definition) is 2. The van der Waals surface area contributed by atoms with Crippen molar-refractivity contribution in [1.29, 1.82) is 0 Å². The van der Waals surface area contributed by atoms with E-state index >= 15 is 0 Å². The van der Waals surface area contributed by atoms with E-state index in [0.717, 1.165) is 42.8 Å². The van der Waals surface area contributed by atoms with Gasteiger partial charge in [-0.15, -0.1) is 0 Å². The number of carbonyl (C=O) groups is 1. The number of fused-ring (bicyclic) bond motifs is 1. The fraction of sp³-hybridized carbons (Fsp3) is 0.600. The standard InChI is InChI=1S/C15H22N6O2/c1-2-16-15(23)11-3-5-20(6-4-11)13-12-9-19-21(7-8-22)14(12)18-10-17-13/h9-11,22H,2-8H2,1H3,(H,16,23). The van der Waals surface area contributed by atoms with Crippen molar-refractivity contribution >= 4 is 22.8 Å². The van der Waals surface area contributed by atoms with Gasteiger partial charge >= 0.3 is 0 Å². The summed E-state index contributed by atoms with van der Waals surface area (Å²) in [7, 11) is 0. The maximum absolute atomic E-state index is 11.9. The van der Waals surface area contributed by atoms with Crippen molar-refractivity contribution in [1.82, 2.24) is 25.1 Å². The Kier molecular flexibility index (Phi) is 4.71. The first-order chi connectivity index (χ1) is 11.2. The molecule has 1 amide bonds. The molecule has 124 valence electrons. The van der Waals surface area contributed by atoms with Gasteiger partial charge in [0.2, 0.25) is 5.91 Å². The van der Waals surface area contributed by atoms with E-state index in [1.807, 2.05) is 6.92 Å². The second-order valence-electron chi connectivity index (χ2n) is 5.68. The lowest BCUT2D eigenvalue weighted by Crippen LogP contribution is -2.40. The van der Waals surface area contributed by atoms with Crippen molar-refractivity contribution in [3.63, 3.8) is 0 Å². The van der Waals surface area contributed by atoms with Crippen LogP contribution in [0.2, 0.25) is 0 Å². The molecule has 8 heteroatoms. The number of aliphatic hydroxyl groups excluding tert-OH is 1. The van der Waals surface area contributed by atoms with Crippen LogP contribution < -0.4 is 10.2 Å². The minimum Gasteiger partial charge on any atom is -0.394 e. The van der Waals surface area contributed by atoms with Crippen molar-refractivity contribution in [2.24, 2.45) is 5.92 Å². The molecule has 3 heterocycles. The number of anilines is 1. The van der Waals surface area contributed by atoms with Gasteiger partial charge in [0.1, 0.15) is 12.1 Å². The highest BCUT2D eigenvalue weighted by Gasteiger charge is 2.26. The van der Waals surface area contributed by atoms with Crippen LogP contribution in [0.5, 0.6) is 0 Å². The van der Waals surface area contributed by atoms with Crippen LogP contribution in [0.4, 0.5) is 5.82 Å². The average Bonchev–Trinajstić information content (AvgIpc) is 2.99. The Morgan fingerprint density at radius 1 is 1.39 bits per heavy atom. The third-order valence-electron chi connectivity index (χ3n) is 4.24. The molecule has 0 unspecified atom stereocenters. The van der Waals surface area contributed by atoms with Gasteiger partial charge in [0.25, 0.3) is 0 Å². The molecule has 2 aromatic heterocycles. The first-order valence-corrected chi connectivity index (χ1v) is 8.04. The van der Waals surface area contributed by atoms with Gasteiger partial charge in [-0.2, -0.15) is 5.10 Å². The zero-order valence-corrected chi connectivity index (χ0v) is 13.3. The van der Waals surface area contributed by atoms with Gasteiger partial charge in [0.05, 0.1) is 24.7 Å². The van der Waals surface area contributed by atoms with Crippen molar-refractivity contribution in [2.75, 3.05) is 31.1 Å². The van der Waals surface area contributed by atoms with Crippen LogP contribution in [0.3, 0.4) is 0 Å². The number of carbonyl (C=O) groups excluding carboxylic acids is 1. The molecule has 8 nitrogen and oxygen atoms in total. The highest BCUT2D eigenvalue weighted by molar-refractivity contribution is 5.87. The molecule has 0 spiro atoms. The highest BCUT2D eigenvalue weighted by atomic mass is 16.3. The summed E-state index contributed by atoms with van der Waals surface area (Å²) in [4.78, 5) is 22.8. The first-order valence-electron chi connectivity index (χ1n) is 8.04. The van der Waals surface area contributed by atoms with Gasteiger partial charge in [-0.25, -0.2) is 14.6 Å². The zero-order chi connectivity index (χ0) is 16.2. The van der Waals surface area contributed by atoms with Crippen molar-refractivity contribution < 1.29 is 9.90 Å². The molecule has 0 saturated carbocycles. The third-order valence-corrected chi connectivity index (χ3v) is 4.24. The van der Waals surface area contributed by atoms with Gasteiger partial charge in [0, 0.05) is 25.6 Å². The predicted molar refractivity (Wildman–Crippen MR) is 86.0 cm³/mol. The molecule has 23 heavy (non-hydrogen) atoms. The highest BCUT2D eigenvalue weighted by Crippen LogP contribution is 2.27. The minimum absolute atomic E-state index is 0.0219. The molecule has 3 rings (SSSR count). The van der Waals surface area contributed by atoms with Crippen molar-refractivity contribution in [2.45, 2.75) is 26.3 Å². The quantitative estimate of drug-likeness (QED) is 0.816. The summed E-state index contributed by atoms with van der Waals surface area (Å²) in [6, 6.07) is 0. The monoisotopic (exact) mass is 318 g/mol. The van der Waals surface area contributed by atoms with E-state index in [-0.39, 0.29) is 18.4 Å². The molecule has 2 aromatic rings. The Labute approximate surface area is 134 Å². The average molecular weight is 318 g/mol. The van der Waals surface area contributed by atoms with E-state index in [9.17, 15) is 4.79 Å². The number of hydrogen-bond acceptors (Lipinski definition) is 6. The Morgan fingerprint density at radius 2 is 2.17 bits per heavy atom. The van der Waals surface area contributed by atoms with E-state index < -0.39 is 0 Å². The zero-order valence-electron chi connectivity index (χ0n) is 13.3. The predicted octanol–water partition coefficient (Wildman–Crippen LogP) is 0.171. The summed E-state index contributed by atoms with van der Waals surface area (Å²) >= 11 is 0. The summed E-state index contributed by atoms with van der Waals surface area (Å²) in [5.41, 5.74) is 0.731. The molecule has 2 N–H and O–H groups in total. The molecular formula is C15H22N6O2. The Morgan fingerprint density at radius 3 is 2.87 bits per heavy atom. The lowest BCUT2D eigenvalue weighted by Gasteiger charge is -2.32. The van der Waals surface area contributed by atoms with Gasteiger partial charge in [-0.05, 0) is 19.8 Å². The molecular weight excluding hydrogens is 296 g/mol. The number of aromatic nitrogens is 4. The van der Waals surface area contributed by atoms with Crippen molar-refractivity contribution in [3.05, 3.63) is 12.5 Å². The van der Waals surface area contributed by atoms with Gasteiger partial charge < -0.3 is 15.3 Å². The lowest BCUT2D eigenvalue weighted by molar-refractivity contribution is -0.125. The number of nitrogens with one attached hydrogen (secondary N) is 1. The van der Waals surface area contributed by atoms with Crippen molar-refractivity contribution in [3.8, 4) is 0 Å². The van der Waals surface area contributed by atoms with Crippen LogP contribution in [0.25, 0.3) is 11.0 Å². The molecule has 0 aromatic carbocycles. The Hall–Kier alpha value is -2.22. The third kappa shape index (κ3) is 3.12. The van der Waals surface area contributed by atoms with E-state index in [1.165, 1.54) is 6.33 Å². The summed E-state index contributed by atoms with van der Waals surface area (Å²) in [5.74, 6) is 1.09. The SMILES string of the molecule is CCNC(=O)C1CCN(c2ncnc3c2cnn3CCO)CC1. The molecule has 0 aliphatic carbocycles. The van der Waals surface area contributed by atoms with E-state index in [1.54, 1.807) is 10.9 Å². The summed E-state index contributed by atoms with van der Waals surface area (Å²) in [5, 5.41) is 17.1. The number of amides is 1. The van der Waals surface area contributed by atoms with Gasteiger partial charge in [0.15, 0.2) is 5.65 Å². The number of aliphatic hydroxyl groups is 1. The molecule has 1 aliphatic heterocycles. The molecule has 0 atom stereocenters. The van der Waals surface area contributed by atoms with Crippen LogP contribution >= 0.6 is 0 Å². The fourth-order valence-corrected chi connectivity index (χ4v) is 3.06. The van der Waals surface area contributed by atoms with Gasteiger partial charge in [-0.1, -0.05) is 0 Å². The maximum Gasteiger partial charge on any atom is 0.223 e. The van der Waals surface area contributed by atoms with E-state index in [4.69, 9.17) is 5.11 Å². The topological polar surface area (TPSA) is 96.2 Å². The Bertz CT molecular complexity index is 678.